The molecule has 0 saturated heterocycles. The lowest BCUT2D eigenvalue weighted by atomic mass is 10.1. The van der Waals surface area contributed by atoms with Gasteiger partial charge >= 0.3 is 0 Å². The van der Waals surface area contributed by atoms with Gasteiger partial charge in [0, 0.05) is 28.1 Å². The van der Waals surface area contributed by atoms with Crippen LogP contribution in [0.5, 0.6) is 0 Å². The van der Waals surface area contributed by atoms with E-state index in [1.54, 1.807) is 6.20 Å². The molecule has 0 aliphatic heterocycles. The first kappa shape index (κ1) is 19.5. The summed E-state index contributed by atoms with van der Waals surface area (Å²) in [4.78, 5) is 24.0. The normalized spacial score (nSPS) is 11.3. The van der Waals surface area contributed by atoms with Crippen molar-refractivity contribution in [2.24, 2.45) is 0 Å². The van der Waals surface area contributed by atoms with E-state index in [2.05, 4.69) is 20.3 Å². The van der Waals surface area contributed by atoms with E-state index >= 15 is 0 Å². The number of amides is 1. The topological polar surface area (TPSA) is 70.7 Å². The summed E-state index contributed by atoms with van der Waals surface area (Å²) in [5.41, 5.74) is 3.16. The fourth-order valence-corrected chi connectivity index (χ4v) is 3.88. The molecule has 2 aromatic heterocycles. The number of hydrogen-bond donors (Lipinski definition) is 2. The average Bonchev–Trinajstić information content (AvgIpc) is 3.30. The van der Waals surface area contributed by atoms with Gasteiger partial charge in [0.2, 0.25) is 0 Å². The van der Waals surface area contributed by atoms with Gasteiger partial charge in [0.05, 0.1) is 11.0 Å². The number of thiazole rings is 1. The van der Waals surface area contributed by atoms with Crippen molar-refractivity contribution in [3.8, 4) is 0 Å². The summed E-state index contributed by atoms with van der Waals surface area (Å²) in [5.74, 6) is -0.794. The Hall–Kier alpha value is -2.84. The molecule has 5 nitrogen and oxygen atoms in total. The number of aromatic nitrogens is 3. The monoisotopic (exact) mass is 432 g/mol. The van der Waals surface area contributed by atoms with Crippen molar-refractivity contribution in [1.82, 2.24) is 15.0 Å². The van der Waals surface area contributed by atoms with E-state index in [1.807, 2.05) is 25.1 Å². The summed E-state index contributed by atoms with van der Waals surface area (Å²) < 4.78 is 25.5. The van der Waals surface area contributed by atoms with Crippen molar-refractivity contribution in [1.29, 1.82) is 0 Å². The van der Waals surface area contributed by atoms with Crippen LogP contribution in [0.1, 0.15) is 38.6 Å². The molecule has 0 atom stereocenters. The molecular formula is C20H15ClF2N4OS. The Morgan fingerprint density at radius 3 is 2.86 bits per heavy atom. The number of alkyl halides is 2. The van der Waals surface area contributed by atoms with Crippen LogP contribution in [0.2, 0.25) is 5.02 Å². The number of nitrogens with zero attached hydrogens (tertiary/aromatic N) is 2. The molecule has 0 bridgehead atoms. The highest BCUT2D eigenvalue weighted by molar-refractivity contribution is 7.15. The predicted molar refractivity (Wildman–Crippen MR) is 110 cm³/mol. The lowest BCUT2D eigenvalue weighted by Crippen LogP contribution is -2.11. The predicted octanol–water partition coefficient (Wildman–Crippen LogP) is 5.76. The van der Waals surface area contributed by atoms with E-state index in [9.17, 15) is 13.6 Å². The quantitative estimate of drug-likeness (QED) is 0.421. The minimum absolute atomic E-state index is 0.323. The van der Waals surface area contributed by atoms with Crippen molar-refractivity contribution >= 4 is 45.0 Å². The van der Waals surface area contributed by atoms with Gasteiger partial charge in [-0.2, -0.15) is 0 Å². The molecule has 2 heterocycles. The number of aryl methyl sites for hydroxylation is 1. The van der Waals surface area contributed by atoms with Crippen LogP contribution in [0.3, 0.4) is 0 Å². The number of carbonyl (C=O) groups is 1. The molecule has 2 aromatic carbocycles. The summed E-state index contributed by atoms with van der Waals surface area (Å²) in [6, 6.07) is 10.4. The number of benzene rings is 2. The maximum atomic E-state index is 12.8. The number of halogens is 3. The fourth-order valence-electron chi connectivity index (χ4n) is 2.84. The third-order valence-corrected chi connectivity index (χ3v) is 5.68. The van der Waals surface area contributed by atoms with Gasteiger partial charge in [0.25, 0.3) is 12.3 Å². The zero-order chi connectivity index (χ0) is 20.5. The van der Waals surface area contributed by atoms with Crippen molar-refractivity contribution in [3.05, 3.63) is 75.0 Å². The zero-order valence-corrected chi connectivity index (χ0v) is 16.7. The molecule has 1 amide bonds. The summed E-state index contributed by atoms with van der Waals surface area (Å²) in [5, 5.41) is 3.91. The maximum Gasteiger partial charge on any atom is 0.295 e. The molecular weight excluding hydrogens is 418 g/mol. The Labute approximate surface area is 173 Å². The van der Waals surface area contributed by atoms with Gasteiger partial charge in [0.1, 0.15) is 0 Å². The molecule has 0 spiro atoms. The molecule has 4 rings (SSSR count). The average molecular weight is 433 g/mol. The second-order valence-corrected chi connectivity index (χ2v) is 8.02. The summed E-state index contributed by atoms with van der Waals surface area (Å²) in [6.45, 7) is 1.95. The van der Waals surface area contributed by atoms with E-state index in [1.165, 1.54) is 29.5 Å². The first-order valence-electron chi connectivity index (χ1n) is 8.68. The van der Waals surface area contributed by atoms with Crippen LogP contribution in [0, 0.1) is 6.92 Å². The van der Waals surface area contributed by atoms with Crippen LogP contribution in [-0.2, 0) is 6.42 Å². The molecule has 0 aliphatic carbocycles. The van der Waals surface area contributed by atoms with Gasteiger partial charge in [-0.05, 0) is 42.3 Å². The van der Waals surface area contributed by atoms with Gasteiger partial charge in [-0.3, -0.25) is 10.1 Å². The second-order valence-electron chi connectivity index (χ2n) is 6.50. The Bertz CT molecular complexity index is 1200. The van der Waals surface area contributed by atoms with Crippen molar-refractivity contribution in [2.45, 2.75) is 19.8 Å². The standard InChI is InChI=1S/C20H15ClF2N4OS/c1-10-2-3-11(7-14(10)21)6-13-9-24-20(29-13)27-19(28)12-4-5-15-16(8-12)26-18(25-15)17(22)23/h2-5,7-9,17H,6H2,1H3,(H,25,26)(H,24,27,28). The molecule has 0 aliphatic rings. The molecule has 29 heavy (non-hydrogen) atoms. The number of anilines is 1. The van der Waals surface area contributed by atoms with E-state index in [-0.39, 0.29) is 5.91 Å². The molecule has 9 heteroatoms. The van der Waals surface area contributed by atoms with Gasteiger partial charge < -0.3 is 4.98 Å². The molecule has 4 aromatic rings. The fraction of sp³-hybridized carbons (Fsp3) is 0.150. The van der Waals surface area contributed by atoms with Crippen molar-refractivity contribution in [3.63, 3.8) is 0 Å². The molecule has 0 radical (unpaired) electrons. The number of hydrogen-bond acceptors (Lipinski definition) is 4. The first-order chi connectivity index (χ1) is 13.9. The molecule has 0 fully saturated rings. The number of H-pyrrole nitrogens is 1. The third-order valence-electron chi connectivity index (χ3n) is 4.36. The van der Waals surface area contributed by atoms with Crippen LogP contribution in [-0.4, -0.2) is 20.9 Å². The minimum Gasteiger partial charge on any atom is -0.337 e. The second kappa shape index (κ2) is 7.88. The number of rotatable bonds is 5. The maximum absolute atomic E-state index is 12.8. The Morgan fingerprint density at radius 1 is 1.28 bits per heavy atom. The van der Waals surface area contributed by atoms with E-state index in [0.29, 0.717) is 33.2 Å². The largest absolute Gasteiger partial charge is 0.337 e. The number of imidazole rings is 1. The lowest BCUT2D eigenvalue weighted by molar-refractivity contribution is 0.102. The highest BCUT2D eigenvalue weighted by atomic mass is 35.5. The number of aromatic amines is 1. The van der Waals surface area contributed by atoms with Crippen molar-refractivity contribution in [2.75, 3.05) is 5.32 Å². The third kappa shape index (κ3) is 4.28. The van der Waals surface area contributed by atoms with Crippen LogP contribution < -0.4 is 5.32 Å². The van der Waals surface area contributed by atoms with Crippen LogP contribution in [0.4, 0.5) is 13.9 Å². The number of carbonyl (C=O) groups excluding carboxylic acids is 1. The van der Waals surface area contributed by atoms with E-state index in [0.717, 1.165) is 16.0 Å². The lowest BCUT2D eigenvalue weighted by Gasteiger charge is -2.02. The SMILES string of the molecule is Cc1ccc(Cc2cnc(NC(=O)c3ccc4nc(C(F)F)[nH]c4c3)s2)cc1Cl. The summed E-state index contributed by atoms with van der Waals surface area (Å²) in [7, 11) is 0. The van der Waals surface area contributed by atoms with Crippen molar-refractivity contribution < 1.29 is 13.6 Å². The molecule has 0 saturated carbocycles. The van der Waals surface area contributed by atoms with Gasteiger partial charge in [0.15, 0.2) is 11.0 Å². The van der Waals surface area contributed by atoms with Gasteiger partial charge in [-0.15, -0.1) is 11.3 Å². The highest BCUT2D eigenvalue weighted by Gasteiger charge is 2.15. The van der Waals surface area contributed by atoms with Crippen LogP contribution in [0.25, 0.3) is 11.0 Å². The molecule has 0 unspecified atom stereocenters. The van der Waals surface area contributed by atoms with Crippen LogP contribution >= 0.6 is 22.9 Å². The minimum atomic E-state index is -2.70. The number of nitrogens with one attached hydrogen (secondary N) is 2. The molecule has 148 valence electrons. The first-order valence-corrected chi connectivity index (χ1v) is 9.87. The number of fused-ring (bicyclic) bond motifs is 1. The Kier molecular flexibility index (Phi) is 5.29. The summed E-state index contributed by atoms with van der Waals surface area (Å²) >= 11 is 7.53. The summed E-state index contributed by atoms with van der Waals surface area (Å²) in [6.07, 6.45) is -0.331. The Balaban J connectivity index is 1.47. The van der Waals surface area contributed by atoms with Gasteiger partial charge in [-0.1, -0.05) is 23.7 Å². The zero-order valence-electron chi connectivity index (χ0n) is 15.2. The van der Waals surface area contributed by atoms with E-state index in [4.69, 9.17) is 11.6 Å². The van der Waals surface area contributed by atoms with Crippen LogP contribution in [0.15, 0.2) is 42.6 Å². The molecule has 2 N–H and O–H groups in total. The van der Waals surface area contributed by atoms with E-state index < -0.39 is 12.2 Å². The smallest absolute Gasteiger partial charge is 0.295 e. The Morgan fingerprint density at radius 2 is 2.10 bits per heavy atom. The highest BCUT2D eigenvalue weighted by Crippen LogP contribution is 2.25. The van der Waals surface area contributed by atoms with Gasteiger partial charge in [-0.25, -0.2) is 18.7 Å².